The number of aryl methyl sites for hydroxylation is 6. The van der Waals surface area contributed by atoms with Crippen molar-refractivity contribution in [1.82, 2.24) is 24.7 Å². The average molecular weight is 661 g/mol. The van der Waals surface area contributed by atoms with Crippen LogP contribution in [0.3, 0.4) is 0 Å². The summed E-state index contributed by atoms with van der Waals surface area (Å²) in [4.78, 5) is 42.4. The lowest BCUT2D eigenvalue weighted by atomic mass is 9.86. The largest absolute Gasteiger partial charge is 0.437 e. The lowest BCUT2D eigenvalue weighted by molar-refractivity contribution is 0.261. The number of carbonyl (C=O) groups excluding carboxylic acids is 2. The average Bonchev–Trinajstić information content (AvgIpc) is 2.96. The van der Waals surface area contributed by atoms with Gasteiger partial charge in [-0.25, -0.2) is 24.5 Å². The van der Waals surface area contributed by atoms with Crippen LogP contribution in [0.15, 0.2) is 48.5 Å². The summed E-state index contributed by atoms with van der Waals surface area (Å²) in [6, 6.07) is 14.0. The van der Waals surface area contributed by atoms with Crippen molar-refractivity contribution in [2.45, 2.75) is 48.4 Å². The fraction of sp³-hybridized carbons (Fsp3) is 0.312. The molecule has 6 N–H and O–H groups in total. The Labute approximate surface area is 281 Å². The van der Waals surface area contributed by atoms with Crippen molar-refractivity contribution in [3.8, 4) is 0 Å². The molecule has 0 radical (unpaired) electrons. The molecule has 0 bridgehead atoms. The minimum atomic E-state index is -0.509. The van der Waals surface area contributed by atoms with Gasteiger partial charge in [0.1, 0.15) is 11.0 Å². The smallest absolute Gasteiger partial charge is 0.376 e. The Hall–Kier alpha value is -4.79. The number of anilines is 5. The van der Waals surface area contributed by atoms with Crippen molar-refractivity contribution in [1.29, 1.82) is 0 Å². The summed E-state index contributed by atoms with van der Waals surface area (Å²) in [6.07, 6.45) is 0. The number of halogens is 1. The van der Waals surface area contributed by atoms with Crippen LogP contribution < -0.4 is 26.6 Å². The second kappa shape index (κ2) is 17.2. The monoisotopic (exact) mass is 660 g/mol. The molecule has 0 saturated heterocycles. The van der Waals surface area contributed by atoms with Gasteiger partial charge >= 0.3 is 19.1 Å². The second-order valence-electron chi connectivity index (χ2n) is 11.2. The minimum absolute atomic E-state index is 0.177. The number of hydrogen-bond acceptors (Lipinski definition) is 9. The number of nitrogens with one attached hydrogen (secondary N) is 5. The molecule has 0 spiro atoms. The summed E-state index contributed by atoms with van der Waals surface area (Å²) in [6.45, 7) is 14.6. The van der Waals surface area contributed by atoms with Gasteiger partial charge in [0, 0.05) is 41.9 Å². The maximum atomic E-state index is 12.2. The SMILES string of the molecule is CB(O)N(C)CCNc1cc(C)nc(NC(=O)Nc2ccc(C)c(C)c2)n1.Cc1cc(Cl)nc(NC(=O)Nc2ccc(C)c(C)c2)n1. The molecule has 13 nitrogen and oxygen atoms in total. The third-order valence-electron chi connectivity index (χ3n) is 7.07. The fourth-order valence-electron chi connectivity index (χ4n) is 4.01. The van der Waals surface area contributed by atoms with Crippen LogP contribution in [0.1, 0.15) is 33.6 Å². The quantitative estimate of drug-likeness (QED) is 0.0904. The third-order valence-corrected chi connectivity index (χ3v) is 7.26. The van der Waals surface area contributed by atoms with Crippen LogP contribution in [0, 0.1) is 41.5 Å². The van der Waals surface area contributed by atoms with Gasteiger partial charge in [-0.1, -0.05) is 23.7 Å². The number of amides is 4. The van der Waals surface area contributed by atoms with Crippen molar-refractivity contribution in [3.63, 3.8) is 0 Å². The predicted octanol–water partition coefficient (Wildman–Crippen LogP) is 6.20. The molecule has 248 valence electrons. The third kappa shape index (κ3) is 12.5. The van der Waals surface area contributed by atoms with Gasteiger partial charge in [0.15, 0.2) is 0 Å². The summed E-state index contributed by atoms with van der Waals surface area (Å²) >= 11 is 5.81. The summed E-state index contributed by atoms with van der Waals surface area (Å²) in [5.74, 6) is 1.02. The molecular weight excluding hydrogens is 619 g/mol. The predicted molar refractivity (Wildman–Crippen MR) is 191 cm³/mol. The molecule has 2 heterocycles. The van der Waals surface area contributed by atoms with E-state index < -0.39 is 19.1 Å². The molecule has 47 heavy (non-hydrogen) atoms. The van der Waals surface area contributed by atoms with Crippen molar-refractivity contribution < 1.29 is 14.6 Å². The van der Waals surface area contributed by atoms with E-state index >= 15 is 0 Å². The van der Waals surface area contributed by atoms with Gasteiger partial charge in [-0.3, -0.25) is 10.6 Å². The number of nitrogens with zero attached hydrogens (tertiary/aromatic N) is 5. The Bertz CT molecular complexity index is 1690. The van der Waals surface area contributed by atoms with Crippen molar-refractivity contribution in [2.24, 2.45) is 0 Å². The summed E-state index contributed by atoms with van der Waals surface area (Å²) < 4.78 is 0. The highest BCUT2D eigenvalue weighted by molar-refractivity contribution is 6.45. The van der Waals surface area contributed by atoms with E-state index in [0.29, 0.717) is 41.1 Å². The molecule has 4 amide bonds. The number of hydrogen-bond donors (Lipinski definition) is 6. The van der Waals surface area contributed by atoms with Gasteiger partial charge in [-0.05, 0) is 108 Å². The number of benzene rings is 2. The van der Waals surface area contributed by atoms with E-state index in [1.165, 1.54) is 11.1 Å². The molecule has 2 aromatic heterocycles. The maximum absolute atomic E-state index is 12.2. The van der Waals surface area contributed by atoms with Crippen molar-refractivity contribution in [2.75, 3.05) is 46.7 Å². The number of urea groups is 2. The normalized spacial score (nSPS) is 10.4. The van der Waals surface area contributed by atoms with E-state index in [4.69, 9.17) is 11.6 Å². The molecule has 0 aliphatic heterocycles. The van der Waals surface area contributed by atoms with Crippen LogP contribution in [-0.2, 0) is 0 Å². The van der Waals surface area contributed by atoms with Crippen LogP contribution in [0.2, 0.25) is 12.0 Å². The lowest BCUT2D eigenvalue weighted by Gasteiger charge is -2.17. The first-order valence-corrected chi connectivity index (χ1v) is 15.4. The first-order valence-electron chi connectivity index (χ1n) is 15.0. The van der Waals surface area contributed by atoms with E-state index in [0.717, 1.165) is 16.8 Å². The van der Waals surface area contributed by atoms with E-state index in [1.807, 2.05) is 78.1 Å². The molecular formula is C32H42BClN10O3. The number of likely N-dealkylation sites (N-methyl/N-ethyl adjacent to an activating group) is 1. The number of aromatic nitrogens is 4. The van der Waals surface area contributed by atoms with E-state index in [9.17, 15) is 14.6 Å². The number of carbonyl (C=O) groups is 2. The first-order chi connectivity index (χ1) is 22.2. The molecule has 0 aliphatic carbocycles. The fourth-order valence-corrected chi connectivity index (χ4v) is 4.25. The molecule has 4 aromatic rings. The van der Waals surface area contributed by atoms with E-state index in [2.05, 4.69) is 46.5 Å². The van der Waals surface area contributed by atoms with Gasteiger partial charge in [0.25, 0.3) is 0 Å². The Balaban J connectivity index is 0.000000267. The Kier molecular flexibility index (Phi) is 13.4. The Morgan fingerprint density at radius 3 is 1.68 bits per heavy atom. The van der Waals surface area contributed by atoms with Gasteiger partial charge in [-0.15, -0.1) is 0 Å². The summed E-state index contributed by atoms with van der Waals surface area (Å²) in [5.41, 5.74) is 7.40. The first kappa shape index (κ1) is 36.7. The molecule has 0 fully saturated rings. The highest BCUT2D eigenvalue weighted by Crippen LogP contribution is 2.16. The van der Waals surface area contributed by atoms with Crippen molar-refractivity contribution in [3.05, 3.63) is 87.3 Å². The van der Waals surface area contributed by atoms with Crippen LogP contribution in [0.5, 0.6) is 0 Å². The van der Waals surface area contributed by atoms with Gasteiger partial charge < -0.3 is 25.8 Å². The zero-order valence-electron chi connectivity index (χ0n) is 28.0. The van der Waals surface area contributed by atoms with Gasteiger partial charge in [-0.2, -0.15) is 4.98 Å². The molecule has 2 aromatic carbocycles. The van der Waals surface area contributed by atoms with Gasteiger partial charge in [0.2, 0.25) is 11.9 Å². The lowest BCUT2D eigenvalue weighted by Crippen LogP contribution is -2.36. The zero-order chi connectivity index (χ0) is 34.7. The van der Waals surface area contributed by atoms with Crippen LogP contribution >= 0.6 is 11.6 Å². The zero-order valence-corrected chi connectivity index (χ0v) is 28.7. The highest BCUT2D eigenvalue weighted by Gasteiger charge is 2.11. The van der Waals surface area contributed by atoms with Crippen LogP contribution in [-0.4, -0.2) is 69.0 Å². The standard InChI is InChI=1S/C18H27BN6O2.C14H15ClN4O/c1-12-6-7-15(10-13(12)2)22-18(26)24-17-21-14(3)11-16(23-17)20-8-9-25(5)19(4)27;1-8-4-5-11(6-9(8)2)17-14(20)19-13-16-10(3)7-12(15)18-13/h6-7,10-11,27H,8-9H2,1-5H3,(H3,20,21,22,23,24,26);4-7H,1-3H3,(H2,16,17,18,19,20). The molecule has 0 aliphatic rings. The summed E-state index contributed by atoms with van der Waals surface area (Å²) in [5, 5.41) is 23.7. The Morgan fingerprint density at radius 1 is 0.723 bits per heavy atom. The molecule has 15 heteroatoms. The van der Waals surface area contributed by atoms with Crippen LogP contribution in [0.25, 0.3) is 0 Å². The number of rotatable bonds is 9. The summed E-state index contributed by atoms with van der Waals surface area (Å²) in [7, 11) is 1.33. The molecule has 4 rings (SSSR count). The van der Waals surface area contributed by atoms with Crippen molar-refractivity contribution >= 4 is 59.8 Å². The molecule has 0 unspecified atom stereocenters. The van der Waals surface area contributed by atoms with Crippen LogP contribution in [0.4, 0.5) is 38.7 Å². The molecule has 0 atom stereocenters. The minimum Gasteiger partial charge on any atom is -0.437 e. The van der Waals surface area contributed by atoms with Gasteiger partial charge in [0.05, 0.1) is 0 Å². The second-order valence-corrected chi connectivity index (χ2v) is 11.6. The topological polar surface area (TPSA) is 169 Å². The molecule has 0 saturated carbocycles. The Morgan fingerprint density at radius 2 is 1.21 bits per heavy atom. The highest BCUT2D eigenvalue weighted by atomic mass is 35.5. The maximum Gasteiger partial charge on any atom is 0.376 e. The van der Waals surface area contributed by atoms with E-state index in [1.54, 1.807) is 30.7 Å². The van der Waals surface area contributed by atoms with E-state index in [-0.39, 0.29) is 11.9 Å².